The van der Waals surface area contributed by atoms with Crippen LogP contribution in [0.3, 0.4) is 0 Å². The Balaban J connectivity index is 1.71. The van der Waals surface area contributed by atoms with Crippen LogP contribution in [0.1, 0.15) is 19.8 Å². The first-order valence-corrected chi connectivity index (χ1v) is 11.9. The maximum Gasteiger partial charge on any atom is 0.246 e. The molecule has 0 radical (unpaired) electrons. The molecule has 2 heterocycles. The molecule has 1 aromatic rings. The second-order valence-corrected chi connectivity index (χ2v) is 8.16. The summed E-state index contributed by atoms with van der Waals surface area (Å²) in [5.74, 6) is 0.525. The number of ether oxygens (including phenoxy) is 4. The van der Waals surface area contributed by atoms with Crippen molar-refractivity contribution in [2.45, 2.75) is 25.8 Å². The molecule has 36 heavy (non-hydrogen) atoms. The van der Waals surface area contributed by atoms with Gasteiger partial charge in [0.25, 0.3) is 0 Å². The molecular formula is C25H34FN5O5. The van der Waals surface area contributed by atoms with Crippen LogP contribution in [0.2, 0.25) is 0 Å². The molecule has 1 fully saturated rings. The minimum atomic E-state index is -0.512. The molecule has 196 valence electrons. The topological polar surface area (TPSA) is 106 Å². The van der Waals surface area contributed by atoms with E-state index in [0.717, 1.165) is 12.8 Å². The van der Waals surface area contributed by atoms with Gasteiger partial charge in [0.1, 0.15) is 19.0 Å². The Bertz CT molecular complexity index is 980. The molecule has 0 aliphatic carbocycles. The quantitative estimate of drug-likeness (QED) is 0.362. The molecule has 2 aliphatic heterocycles. The van der Waals surface area contributed by atoms with Gasteiger partial charge in [0.2, 0.25) is 11.9 Å². The van der Waals surface area contributed by atoms with Crippen molar-refractivity contribution in [3.8, 4) is 11.5 Å². The lowest BCUT2D eigenvalue weighted by Crippen LogP contribution is -2.47. The zero-order chi connectivity index (χ0) is 25.8. The van der Waals surface area contributed by atoms with E-state index < -0.39 is 5.83 Å². The van der Waals surface area contributed by atoms with Crippen LogP contribution in [0.5, 0.6) is 11.5 Å². The molecule has 0 saturated carbocycles. The number of amides is 1. The van der Waals surface area contributed by atoms with E-state index in [1.165, 1.54) is 13.0 Å². The Labute approximate surface area is 210 Å². The predicted octanol–water partition coefficient (Wildman–Crippen LogP) is 2.88. The van der Waals surface area contributed by atoms with Crippen molar-refractivity contribution in [2.24, 2.45) is 9.98 Å². The Morgan fingerprint density at radius 2 is 1.83 bits per heavy atom. The molecule has 0 aromatic heterocycles. The SMILES string of the molecule is C=CC(=O)N1CCC[C@H](NC(/N=C(\N=C)Nc2ccc3c(c2)OCCOCCOCCO3)=C(/C)F)C1. The number of nitrogens with one attached hydrogen (secondary N) is 2. The summed E-state index contributed by atoms with van der Waals surface area (Å²) in [5.41, 5.74) is 0.601. The van der Waals surface area contributed by atoms with Gasteiger partial charge in [-0.15, -0.1) is 0 Å². The van der Waals surface area contributed by atoms with Gasteiger partial charge in [-0.25, -0.2) is 9.38 Å². The summed E-state index contributed by atoms with van der Waals surface area (Å²) in [6, 6.07) is 5.10. The Kier molecular flexibility index (Phi) is 10.7. The predicted molar refractivity (Wildman–Crippen MR) is 136 cm³/mol. The summed E-state index contributed by atoms with van der Waals surface area (Å²) in [6.07, 6.45) is 2.85. The maximum atomic E-state index is 14.4. The van der Waals surface area contributed by atoms with Gasteiger partial charge in [0, 0.05) is 30.9 Å². The number of likely N-dealkylation sites (tertiary alicyclic amines) is 1. The van der Waals surface area contributed by atoms with Crippen molar-refractivity contribution < 1.29 is 28.1 Å². The Morgan fingerprint density at radius 1 is 1.14 bits per heavy atom. The third kappa shape index (κ3) is 8.35. The molecule has 10 nitrogen and oxygen atoms in total. The molecule has 1 saturated heterocycles. The van der Waals surface area contributed by atoms with Gasteiger partial charge in [-0.2, -0.15) is 4.99 Å². The normalized spacial score (nSPS) is 20.2. The highest BCUT2D eigenvalue weighted by atomic mass is 19.1. The van der Waals surface area contributed by atoms with Crippen molar-refractivity contribution in [3.05, 3.63) is 42.5 Å². The number of guanidine groups is 1. The highest BCUT2D eigenvalue weighted by Crippen LogP contribution is 2.31. The van der Waals surface area contributed by atoms with Crippen molar-refractivity contribution in [1.29, 1.82) is 0 Å². The van der Waals surface area contributed by atoms with Crippen LogP contribution < -0.4 is 20.1 Å². The summed E-state index contributed by atoms with van der Waals surface area (Å²) in [4.78, 5) is 21.9. The molecule has 1 amide bonds. The zero-order valence-corrected chi connectivity index (χ0v) is 20.6. The van der Waals surface area contributed by atoms with Gasteiger partial charge in [0.15, 0.2) is 17.3 Å². The number of allylic oxidation sites excluding steroid dienone is 1. The summed E-state index contributed by atoms with van der Waals surface area (Å²) in [6.45, 7) is 12.0. The van der Waals surface area contributed by atoms with Gasteiger partial charge >= 0.3 is 0 Å². The van der Waals surface area contributed by atoms with Crippen molar-refractivity contribution in [1.82, 2.24) is 10.2 Å². The molecule has 11 heteroatoms. The number of aliphatic imine (C=N–C) groups is 2. The Morgan fingerprint density at radius 3 is 2.50 bits per heavy atom. The number of rotatable bonds is 5. The monoisotopic (exact) mass is 503 g/mol. The molecule has 0 spiro atoms. The number of piperidine rings is 1. The molecule has 2 aliphatic rings. The number of fused-ring (bicyclic) bond motifs is 1. The van der Waals surface area contributed by atoms with Crippen LogP contribution in [0, 0.1) is 0 Å². The number of nitrogens with zero attached hydrogens (tertiary/aromatic N) is 3. The Hall–Kier alpha value is -3.44. The van der Waals surface area contributed by atoms with E-state index in [1.807, 2.05) is 0 Å². The minimum Gasteiger partial charge on any atom is -0.487 e. The summed E-state index contributed by atoms with van der Waals surface area (Å²) >= 11 is 0. The first-order valence-electron chi connectivity index (χ1n) is 11.9. The largest absolute Gasteiger partial charge is 0.487 e. The second kappa shape index (κ2) is 14.2. The molecule has 1 atom stereocenters. The zero-order valence-electron chi connectivity index (χ0n) is 20.6. The average Bonchev–Trinajstić information content (AvgIpc) is 2.88. The standard InChI is InChI=1S/C25H34FN5O5/c1-4-23(32)31-9-5-6-20(17-31)28-24(18(2)26)30-25(27-3)29-19-7-8-21-22(16-19)36-15-13-34-11-10-33-12-14-35-21/h4,7-8,16,20,28H,1,3,5-6,9-15,17H2,2H3,(H,29,30)/b24-18+/t20-/m0/s1. The molecule has 1 aromatic carbocycles. The van der Waals surface area contributed by atoms with Crippen molar-refractivity contribution in [2.75, 3.05) is 58.0 Å². The number of halogens is 1. The van der Waals surface area contributed by atoms with E-state index in [2.05, 4.69) is 33.9 Å². The lowest BCUT2D eigenvalue weighted by molar-refractivity contribution is -0.127. The van der Waals surface area contributed by atoms with Crippen LogP contribution >= 0.6 is 0 Å². The third-order valence-corrected chi connectivity index (χ3v) is 5.48. The lowest BCUT2D eigenvalue weighted by Gasteiger charge is -2.33. The van der Waals surface area contributed by atoms with E-state index in [-0.39, 0.29) is 23.7 Å². The molecule has 0 unspecified atom stereocenters. The van der Waals surface area contributed by atoms with E-state index in [1.54, 1.807) is 23.1 Å². The molecule has 2 N–H and O–H groups in total. The van der Waals surface area contributed by atoms with E-state index in [0.29, 0.717) is 69.9 Å². The van der Waals surface area contributed by atoms with Gasteiger partial charge in [-0.3, -0.25) is 4.79 Å². The number of anilines is 1. The fraction of sp³-hybridized carbons (Fsp3) is 0.480. The number of carbonyl (C=O) groups is 1. The van der Waals surface area contributed by atoms with Crippen LogP contribution in [-0.2, 0) is 14.3 Å². The fourth-order valence-electron chi connectivity index (χ4n) is 3.73. The van der Waals surface area contributed by atoms with E-state index in [4.69, 9.17) is 18.9 Å². The first-order chi connectivity index (χ1) is 17.5. The summed E-state index contributed by atoms with van der Waals surface area (Å²) in [5, 5.41) is 6.13. The van der Waals surface area contributed by atoms with Crippen LogP contribution in [0.25, 0.3) is 0 Å². The highest BCUT2D eigenvalue weighted by Gasteiger charge is 2.23. The lowest BCUT2D eigenvalue weighted by atomic mass is 10.1. The van der Waals surface area contributed by atoms with Crippen LogP contribution in [0.4, 0.5) is 10.1 Å². The minimum absolute atomic E-state index is 0.0193. The van der Waals surface area contributed by atoms with Gasteiger partial charge in [0.05, 0.1) is 26.4 Å². The van der Waals surface area contributed by atoms with Crippen LogP contribution in [-0.4, -0.2) is 82.3 Å². The van der Waals surface area contributed by atoms with Gasteiger partial charge in [-0.1, -0.05) is 6.58 Å². The maximum absolute atomic E-state index is 14.4. The van der Waals surface area contributed by atoms with Gasteiger partial charge in [-0.05, 0) is 44.7 Å². The van der Waals surface area contributed by atoms with Crippen molar-refractivity contribution >= 4 is 24.3 Å². The van der Waals surface area contributed by atoms with E-state index >= 15 is 0 Å². The highest BCUT2D eigenvalue weighted by molar-refractivity contribution is 5.97. The number of carbonyl (C=O) groups excluding carboxylic acids is 1. The van der Waals surface area contributed by atoms with Crippen LogP contribution in [0.15, 0.2) is 52.5 Å². The fourth-order valence-corrected chi connectivity index (χ4v) is 3.73. The number of hydrogen-bond donors (Lipinski definition) is 2. The molecule has 3 rings (SSSR count). The van der Waals surface area contributed by atoms with Gasteiger partial charge < -0.3 is 34.5 Å². The molecule has 0 bridgehead atoms. The van der Waals surface area contributed by atoms with Crippen molar-refractivity contribution in [3.63, 3.8) is 0 Å². The van der Waals surface area contributed by atoms with E-state index in [9.17, 15) is 9.18 Å². The summed E-state index contributed by atoms with van der Waals surface area (Å²) in [7, 11) is 0. The second-order valence-electron chi connectivity index (χ2n) is 8.16. The first kappa shape index (κ1) is 27.2. The molecular weight excluding hydrogens is 469 g/mol. The number of benzene rings is 1. The third-order valence-electron chi connectivity index (χ3n) is 5.48. The number of hydrogen-bond acceptors (Lipinski definition) is 7. The smallest absolute Gasteiger partial charge is 0.246 e. The summed E-state index contributed by atoms with van der Waals surface area (Å²) < 4.78 is 36.9. The average molecular weight is 504 g/mol.